The molecule has 0 unspecified atom stereocenters. The number of rotatable bonds is 6. The minimum atomic E-state index is -3.80. The first kappa shape index (κ1) is 21.9. The van der Waals surface area contributed by atoms with Gasteiger partial charge in [0.05, 0.1) is 16.9 Å². The smallest absolute Gasteiger partial charge is 0.262 e. The van der Waals surface area contributed by atoms with Gasteiger partial charge < -0.3 is 10.1 Å². The molecule has 1 aliphatic rings. The minimum Gasteiger partial charge on any atom is -0.496 e. The fourth-order valence-corrected chi connectivity index (χ4v) is 4.88. The van der Waals surface area contributed by atoms with E-state index in [4.69, 9.17) is 4.74 Å². The number of hydrogen-bond donors (Lipinski definition) is 2. The number of methoxy groups -OCH3 is 1. The Morgan fingerprint density at radius 2 is 2.00 bits per heavy atom. The summed E-state index contributed by atoms with van der Waals surface area (Å²) in [5.74, 6) is 0.339. The van der Waals surface area contributed by atoms with Crippen LogP contribution >= 0.6 is 11.3 Å². The highest BCUT2D eigenvalue weighted by Gasteiger charge is 2.22. The van der Waals surface area contributed by atoms with Gasteiger partial charge in [0.1, 0.15) is 12.4 Å². The first-order valence-electron chi connectivity index (χ1n) is 9.05. The summed E-state index contributed by atoms with van der Waals surface area (Å²) >= 11 is 1.32. The molecule has 0 bridgehead atoms. The Balaban J connectivity index is 2.10. The molecule has 2 aromatic rings. The Bertz CT molecular complexity index is 1120. The number of thiophene rings is 1. The van der Waals surface area contributed by atoms with E-state index in [9.17, 15) is 17.6 Å². The van der Waals surface area contributed by atoms with E-state index < -0.39 is 16.7 Å². The third-order valence-corrected chi connectivity index (χ3v) is 6.84. The van der Waals surface area contributed by atoms with E-state index in [1.54, 1.807) is 24.3 Å². The maximum Gasteiger partial charge on any atom is 0.262 e. The highest BCUT2D eigenvalue weighted by Crippen LogP contribution is 2.37. The zero-order chi connectivity index (χ0) is 21.7. The normalized spacial score (nSPS) is 18.5. The lowest BCUT2D eigenvalue weighted by Gasteiger charge is -2.17. The van der Waals surface area contributed by atoms with Crippen LogP contribution in [0.4, 0.5) is 4.39 Å². The number of carbonyl (C=O) groups is 1. The molecule has 0 fully saturated rings. The van der Waals surface area contributed by atoms with Gasteiger partial charge >= 0.3 is 0 Å². The van der Waals surface area contributed by atoms with Crippen molar-refractivity contribution in [3.63, 3.8) is 0 Å². The minimum absolute atomic E-state index is 0.0240. The van der Waals surface area contributed by atoms with E-state index in [1.165, 1.54) is 30.6 Å². The summed E-state index contributed by atoms with van der Waals surface area (Å²) in [4.78, 5) is 13.0. The Hall–Kier alpha value is -2.75. The first-order valence-corrected chi connectivity index (χ1v) is 11.4. The van der Waals surface area contributed by atoms with Crippen molar-refractivity contribution < 1.29 is 22.3 Å². The van der Waals surface area contributed by atoms with Gasteiger partial charge in [0.15, 0.2) is 0 Å². The predicted octanol–water partition coefficient (Wildman–Crippen LogP) is 3.37. The van der Waals surface area contributed by atoms with Gasteiger partial charge in [-0.15, -0.1) is 11.3 Å². The van der Waals surface area contributed by atoms with Gasteiger partial charge in [0, 0.05) is 24.2 Å². The molecule has 1 aliphatic heterocycles. The van der Waals surface area contributed by atoms with Crippen LogP contribution in [0.1, 0.15) is 20.8 Å². The summed E-state index contributed by atoms with van der Waals surface area (Å²) in [5.41, 5.74) is 2.57. The number of alkyl halides is 1. The summed E-state index contributed by atoms with van der Waals surface area (Å²) in [5, 5.41) is 4.64. The number of carbonyl (C=O) groups excluding carboxylic acids is 1. The molecule has 9 heteroatoms. The summed E-state index contributed by atoms with van der Waals surface area (Å²) in [7, 11) is -2.26. The molecule has 0 aliphatic carbocycles. The molecule has 0 spiro atoms. The third-order valence-electron chi connectivity index (χ3n) is 4.45. The second-order valence-electron chi connectivity index (χ2n) is 6.31. The fraction of sp³-hybridized carbons (Fsp3) is 0.190. The second kappa shape index (κ2) is 9.38. The molecule has 158 valence electrons. The number of fused-ring (bicyclic) bond motifs is 1. The van der Waals surface area contributed by atoms with Crippen molar-refractivity contribution in [3.05, 3.63) is 76.2 Å². The van der Waals surface area contributed by atoms with Crippen molar-refractivity contribution in [1.82, 2.24) is 10.0 Å². The third kappa shape index (κ3) is 4.53. The van der Waals surface area contributed by atoms with Gasteiger partial charge in [-0.05, 0) is 40.8 Å². The summed E-state index contributed by atoms with van der Waals surface area (Å²) in [6, 6.07) is 7.96. The zero-order valence-electron chi connectivity index (χ0n) is 16.3. The summed E-state index contributed by atoms with van der Waals surface area (Å²) in [6.45, 7) is 3.45. The Labute approximate surface area is 178 Å². The van der Waals surface area contributed by atoms with Gasteiger partial charge in [-0.1, -0.05) is 24.8 Å². The Kier molecular flexibility index (Phi) is 6.86. The largest absolute Gasteiger partial charge is 0.496 e. The van der Waals surface area contributed by atoms with Crippen LogP contribution in [-0.4, -0.2) is 41.2 Å². The van der Waals surface area contributed by atoms with Crippen LogP contribution in [0, 0.1) is 0 Å². The van der Waals surface area contributed by atoms with E-state index in [0.29, 0.717) is 39.5 Å². The zero-order valence-corrected chi connectivity index (χ0v) is 17.9. The van der Waals surface area contributed by atoms with Gasteiger partial charge in [0.2, 0.25) is 10.0 Å². The van der Waals surface area contributed by atoms with Crippen LogP contribution in [-0.2, 0) is 14.8 Å². The van der Waals surface area contributed by atoms with E-state index in [0.717, 1.165) is 0 Å². The lowest BCUT2D eigenvalue weighted by atomic mass is 9.92. The molecule has 30 heavy (non-hydrogen) atoms. The molecule has 0 saturated heterocycles. The second-order valence-corrected chi connectivity index (χ2v) is 8.99. The summed E-state index contributed by atoms with van der Waals surface area (Å²) in [6.07, 6.45) is 3.51. The van der Waals surface area contributed by atoms with E-state index >= 15 is 0 Å². The van der Waals surface area contributed by atoms with Crippen LogP contribution in [0.2, 0.25) is 0 Å². The molecule has 3 rings (SSSR count). The lowest BCUT2D eigenvalue weighted by Crippen LogP contribution is -2.25. The van der Waals surface area contributed by atoms with Crippen molar-refractivity contribution in [1.29, 1.82) is 0 Å². The van der Waals surface area contributed by atoms with E-state index in [-0.39, 0.29) is 17.3 Å². The van der Waals surface area contributed by atoms with Crippen LogP contribution < -0.4 is 10.0 Å². The maximum atomic E-state index is 12.4. The van der Waals surface area contributed by atoms with Gasteiger partial charge in [-0.3, -0.25) is 4.79 Å². The van der Waals surface area contributed by atoms with Crippen LogP contribution in [0.15, 0.2) is 65.1 Å². The number of amides is 1. The SMILES string of the molecule is C=C1/C(c2ccc(S(=O)(=O)NCCF)cc2)=C(OC)\C=C/CNC(=O)c2sccc21. The average Bonchev–Trinajstić information content (AvgIpc) is 3.24. The number of benzene rings is 1. The van der Waals surface area contributed by atoms with Crippen LogP contribution in [0.5, 0.6) is 0 Å². The number of halogens is 1. The number of ether oxygens (including phenoxy) is 1. The van der Waals surface area contributed by atoms with Crippen molar-refractivity contribution in [2.75, 3.05) is 26.9 Å². The molecule has 1 aromatic heterocycles. The standard InChI is InChI=1S/C21H21FN2O4S2/c1-14-17-9-13-29-20(17)21(25)23-11-3-4-18(28-2)19(14)15-5-7-16(8-6-15)30(26,27)24-12-10-22/h3-9,13,24H,1,10-12H2,2H3,(H,23,25)/b4-3-,19-18-. The molecule has 1 aromatic carbocycles. The van der Waals surface area contributed by atoms with E-state index in [2.05, 4.69) is 16.6 Å². The van der Waals surface area contributed by atoms with Crippen molar-refractivity contribution in [3.8, 4) is 0 Å². The molecular formula is C21H21FN2O4S2. The monoisotopic (exact) mass is 448 g/mol. The van der Waals surface area contributed by atoms with Gasteiger partial charge in [-0.25, -0.2) is 17.5 Å². The molecular weight excluding hydrogens is 427 g/mol. The van der Waals surface area contributed by atoms with Crippen molar-refractivity contribution in [2.45, 2.75) is 4.90 Å². The van der Waals surface area contributed by atoms with Gasteiger partial charge in [0.25, 0.3) is 5.91 Å². The predicted molar refractivity (Wildman–Crippen MR) is 116 cm³/mol. The lowest BCUT2D eigenvalue weighted by molar-refractivity contribution is 0.0961. The molecule has 6 nitrogen and oxygen atoms in total. The molecule has 2 heterocycles. The molecule has 0 atom stereocenters. The summed E-state index contributed by atoms with van der Waals surface area (Å²) < 4.78 is 44.6. The Morgan fingerprint density at radius 3 is 2.67 bits per heavy atom. The van der Waals surface area contributed by atoms with Gasteiger partial charge in [-0.2, -0.15) is 0 Å². The molecule has 0 saturated carbocycles. The maximum absolute atomic E-state index is 12.4. The molecule has 0 radical (unpaired) electrons. The number of nitrogens with one attached hydrogen (secondary N) is 2. The average molecular weight is 449 g/mol. The fourth-order valence-electron chi connectivity index (χ4n) is 3.03. The molecule has 1 amide bonds. The topological polar surface area (TPSA) is 84.5 Å². The number of allylic oxidation sites excluding steroid dienone is 3. The number of sulfonamides is 1. The quantitative estimate of drug-likeness (QED) is 0.710. The van der Waals surface area contributed by atoms with Crippen molar-refractivity contribution in [2.24, 2.45) is 0 Å². The van der Waals surface area contributed by atoms with Crippen LogP contribution in [0.3, 0.4) is 0 Å². The highest BCUT2D eigenvalue weighted by molar-refractivity contribution is 7.89. The first-order chi connectivity index (χ1) is 14.4. The molecule has 2 N–H and O–H groups in total. The van der Waals surface area contributed by atoms with E-state index in [1.807, 2.05) is 11.4 Å². The van der Waals surface area contributed by atoms with Crippen molar-refractivity contribution >= 4 is 38.4 Å². The van der Waals surface area contributed by atoms with Crippen LogP contribution in [0.25, 0.3) is 11.1 Å². The Morgan fingerprint density at radius 1 is 1.27 bits per heavy atom. The number of hydrogen-bond acceptors (Lipinski definition) is 5. The highest BCUT2D eigenvalue weighted by atomic mass is 32.2.